The van der Waals surface area contributed by atoms with Crippen molar-refractivity contribution >= 4 is 34.1 Å². The summed E-state index contributed by atoms with van der Waals surface area (Å²) in [6.45, 7) is 0.0291. The summed E-state index contributed by atoms with van der Waals surface area (Å²) in [5.74, 6) is -0.913. The van der Waals surface area contributed by atoms with E-state index in [4.69, 9.17) is 9.47 Å². The zero-order chi connectivity index (χ0) is 19.5. The molecule has 0 radical (unpaired) electrons. The highest BCUT2D eigenvalue weighted by Crippen LogP contribution is 2.17. The maximum absolute atomic E-state index is 12.3. The zero-order valence-corrected chi connectivity index (χ0v) is 16.4. The first-order chi connectivity index (χ1) is 13.1. The van der Waals surface area contributed by atoms with Crippen LogP contribution in [-0.4, -0.2) is 42.8 Å². The van der Waals surface area contributed by atoms with E-state index >= 15 is 0 Å². The summed E-state index contributed by atoms with van der Waals surface area (Å²) in [4.78, 5) is 28.6. The summed E-state index contributed by atoms with van der Waals surface area (Å²) in [7, 11) is 1.43. The number of oxime groups is 1. The average molecular weight is 434 g/mol. The molecule has 142 valence electrons. The number of hydrogen-bond acceptors (Lipinski definition) is 6. The highest BCUT2D eigenvalue weighted by molar-refractivity contribution is 9.09. The van der Waals surface area contributed by atoms with E-state index in [2.05, 4.69) is 25.9 Å². The van der Waals surface area contributed by atoms with E-state index in [0.717, 1.165) is 0 Å². The van der Waals surface area contributed by atoms with E-state index in [1.807, 2.05) is 12.1 Å². The molecule has 0 aliphatic rings. The standard InChI is InChI=1S/C20H20BrNO5/c1-25-22-13-12-18(27-20(24)16-10-6-3-7-11-16)17(21)14-26-19(23)15-8-4-2-5-9-15/h2-11,13,17-18H,12,14H2,1H3/t17-,18+/m1/s1. The monoisotopic (exact) mass is 433 g/mol. The molecule has 2 rings (SSSR count). The number of alkyl halides is 1. The predicted octanol–water partition coefficient (Wildman–Crippen LogP) is 3.85. The Morgan fingerprint density at radius 2 is 1.56 bits per heavy atom. The van der Waals surface area contributed by atoms with E-state index in [-0.39, 0.29) is 6.61 Å². The summed E-state index contributed by atoms with van der Waals surface area (Å²) in [5, 5.41) is 3.67. The van der Waals surface area contributed by atoms with Crippen LogP contribution in [0.25, 0.3) is 0 Å². The number of nitrogens with zero attached hydrogens (tertiary/aromatic N) is 1. The molecule has 0 aromatic heterocycles. The van der Waals surface area contributed by atoms with Gasteiger partial charge in [0.1, 0.15) is 19.8 Å². The molecule has 2 aromatic carbocycles. The molecule has 0 heterocycles. The molecule has 0 amide bonds. The van der Waals surface area contributed by atoms with Crippen LogP contribution in [0.3, 0.4) is 0 Å². The highest BCUT2D eigenvalue weighted by atomic mass is 79.9. The number of rotatable bonds is 9. The molecule has 7 heteroatoms. The number of carbonyl (C=O) groups is 2. The van der Waals surface area contributed by atoms with Gasteiger partial charge < -0.3 is 14.3 Å². The lowest BCUT2D eigenvalue weighted by Gasteiger charge is -2.21. The lowest BCUT2D eigenvalue weighted by atomic mass is 10.2. The van der Waals surface area contributed by atoms with Gasteiger partial charge in [0.25, 0.3) is 0 Å². The number of hydrogen-bond donors (Lipinski definition) is 0. The van der Waals surface area contributed by atoms with Gasteiger partial charge in [-0.1, -0.05) is 57.5 Å². The first-order valence-corrected chi connectivity index (χ1v) is 9.20. The third kappa shape index (κ3) is 6.86. The number of ether oxygens (including phenoxy) is 2. The van der Waals surface area contributed by atoms with Crippen LogP contribution in [0.5, 0.6) is 0 Å². The molecule has 0 fully saturated rings. The summed E-state index contributed by atoms with van der Waals surface area (Å²) in [6.07, 6.45) is 1.20. The molecule has 0 saturated carbocycles. The fourth-order valence-electron chi connectivity index (χ4n) is 2.19. The second-order valence-corrected chi connectivity index (χ2v) is 6.67. The minimum absolute atomic E-state index is 0.0291. The second-order valence-electron chi connectivity index (χ2n) is 5.50. The van der Waals surface area contributed by atoms with Gasteiger partial charge in [0.05, 0.1) is 16.0 Å². The molecular formula is C20H20BrNO5. The van der Waals surface area contributed by atoms with Crippen molar-refractivity contribution in [3.05, 3.63) is 71.8 Å². The summed E-state index contributed by atoms with van der Waals surface area (Å²) < 4.78 is 10.9. The highest BCUT2D eigenvalue weighted by Gasteiger charge is 2.25. The van der Waals surface area contributed by atoms with Gasteiger partial charge >= 0.3 is 11.9 Å². The Kier molecular flexibility index (Phi) is 8.51. The fraction of sp³-hybridized carbons (Fsp3) is 0.250. The SMILES string of the molecule is CON=CC[C@H](OC(=O)c1ccccc1)[C@H](Br)COC(=O)c1ccccc1. The van der Waals surface area contributed by atoms with Crippen LogP contribution in [0, 0.1) is 0 Å². The van der Waals surface area contributed by atoms with Crippen molar-refractivity contribution < 1.29 is 23.9 Å². The van der Waals surface area contributed by atoms with Gasteiger partial charge in [-0.3, -0.25) is 0 Å². The van der Waals surface area contributed by atoms with Gasteiger partial charge in [-0.15, -0.1) is 0 Å². The Balaban J connectivity index is 1.98. The number of benzene rings is 2. The Labute approximate surface area is 166 Å². The molecule has 0 N–H and O–H groups in total. The Bertz CT molecular complexity index is 751. The summed E-state index contributed by atoms with van der Waals surface area (Å²) in [6, 6.07) is 17.3. The van der Waals surface area contributed by atoms with Crippen molar-refractivity contribution in [2.45, 2.75) is 17.4 Å². The smallest absolute Gasteiger partial charge is 0.338 e. The van der Waals surface area contributed by atoms with Crippen LogP contribution in [0.2, 0.25) is 0 Å². The van der Waals surface area contributed by atoms with Crippen LogP contribution in [-0.2, 0) is 14.3 Å². The Morgan fingerprint density at radius 3 is 2.11 bits per heavy atom. The summed E-state index contributed by atoms with van der Waals surface area (Å²) >= 11 is 3.44. The minimum Gasteiger partial charge on any atom is -0.461 e. The van der Waals surface area contributed by atoms with Crippen molar-refractivity contribution in [1.29, 1.82) is 0 Å². The van der Waals surface area contributed by atoms with Crippen molar-refractivity contribution in [3.8, 4) is 0 Å². The van der Waals surface area contributed by atoms with Crippen LogP contribution < -0.4 is 0 Å². The number of esters is 2. The van der Waals surface area contributed by atoms with E-state index in [0.29, 0.717) is 17.5 Å². The average Bonchev–Trinajstić information content (AvgIpc) is 2.72. The van der Waals surface area contributed by atoms with Crippen molar-refractivity contribution in [3.63, 3.8) is 0 Å². The van der Waals surface area contributed by atoms with Gasteiger partial charge in [0.2, 0.25) is 0 Å². The minimum atomic E-state index is -0.597. The van der Waals surface area contributed by atoms with Crippen LogP contribution in [0.1, 0.15) is 27.1 Å². The normalized spacial score (nSPS) is 13.0. The first-order valence-electron chi connectivity index (χ1n) is 8.29. The molecule has 2 atom stereocenters. The molecule has 2 aromatic rings. The van der Waals surface area contributed by atoms with E-state index < -0.39 is 22.9 Å². The lowest BCUT2D eigenvalue weighted by Crippen LogP contribution is -2.32. The lowest BCUT2D eigenvalue weighted by molar-refractivity contribution is 0.0231. The van der Waals surface area contributed by atoms with Crippen molar-refractivity contribution in [2.24, 2.45) is 5.16 Å². The molecule has 0 saturated heterocycles. The van der Waals surface area contributed by atoms with Gasteiger partial charge in [-0.05, 0) is 24.3 Å². The Hall–Kier alpha value is -2.67. The molecule has 0 spiro atoms. The molecule has 27 heavy (non-hydrogen) atoms. The maximum Gasteiger partial charge on any atom is 0.338 e. The van der Waals surface area contributed by atoms with E-state index in [9.17, 15) is 9.59 Å². The third-order valence-electron chi connectivity index (χ3n) is 3.57. The Morgan fingerprint density at radius 1 is 1.00 bits per heavy atom. The predicted molar refractivity (Wildman–Crippen MR) is 105 cm³/mol. The van der Waals surface area contributed by atoms with Gasteiger partial charge in [-0.25, -0.2) is 9.59 Å². The number of carbonyl (C=O) groups excluding carboxylic acids is 2. The summed E-state index contributed by atoms with van der Waals surface area (Å²) in [5.41, 5.74) is 0.892. The van der Waals surface area contributed by atoms with Crippen LogP contribution in [0.4, 0.5) is 0 Å². The van der Waals surface area contributed by atoms with E-state index in [1.165, 1.54) is 13.3 Å². The second kappa shape index (κ2) is 11.1. The molecule has 6 nitrogen and oxygen atoms in total. The van der Waals surface area contributed by atoms with Gasteiger partial charge in [0.15, 0.2) is 0 Å². The quantitative estimate of drug-likeness (QED) is 0.259. The fourth-order valence-corrected chi connectivity index (χ4v) is 2.65. The van der Waals surface area contributed by atoms with E-state index in [1.54, 1.807) is 48.5 Å². The largest absolute Gasteiger partial charge is 0.461 e. The van der Waals surface area contributed by atoms with Gasteiger partial charge in [0, 0.05) is 12.6 Å². The number of halogens is 1. The first kappa shape index (κ1) is 20.6. The molecular weight excluding hydrogens is 414 g/mol. The van der Waals surface area contributed by atoms with Crippen molar-refractivity contribution in [1.82, 2.24) is 0 Å². The maximum atomic E-state index is 12.3. The zero-order valence-electron chi connectivity index (χ0n) is 14.8. The molecule has 0 aliphatic carbocycles. The van der Waals surface area contributed by atoms with Gasteiger partial charge in [-0.2, -0.15) is 0 Å². The molecule has 0 bridgehead atoms. The topological polar surface area (TPSA) is 74.2 Å². The third-order valence-corrected chi connectivity index (χ3v) is 4.43. The van der Waals surface area contributed by atoms with Crippen LogP contribution in [0.15, 0.2) is 65.8 Å². The van der Waals surface area contributed by atoms with Crippen molar-refractivity contribution in [2.75, 3.05) is 13.7 Å². The molecule has 0 unspecified atom stereocenters. The van der Waals surface area contributed by atoms with Crippen LogP contribution >= 0.6 is 15.9 Å². The molecule has 0 aliphatic heterocycles.